The number of hydrogen-bond donors (Lipinski definition) is 3. The summed E-state index contributed by atoms with van der Waals surface area (Å²) in [5, 5.41) is 5.96. The molecule has 0 aliphatic heterocycles. The molecule has 18 heavy (non-hydrogen) atoms. The molecule has 104 valence electrons. The number of nitrogens with two attached hydrogens (primary N) is 1. The molecule has 0 fully saturated rings. The van der Waals surface area contributed by atoms with Gasteiger partial charge in [-0.05, 0) is 27.7 Å². The lowest BCUT2D eigenvalue weighted by Gasteiger charge is -2.26. The maximum atomic E-state index is 11.6. The van der Waals surface area contributed by atoms with Gasteiger partial charge >= 0.3 is 6.09 Å². The van der Waals surface area contributed by atoms with Gasteiger partial charge in [0.15, 0.2) is 0 Å². The number of rotatable bonds is 6. The molecule has 4 N–H and O–H groups in total. The number of amides is 1. The minimum atomic E-state index is -0.501. The Bertz CT molecular complexity index is 292. The molecule has 0 radical (unpaired) electrons. The zero-order chi connectivity index (χ0) is 14.2. The first-order chi connectivity index (χ1) is 8.30. The summed E-state index contributed by atoms with van der Waals surface area (Å²) in [6.07, 6.45) is 5.37. The van der Waals surface area contributed by atoms with E-state index in [-0.39, 0.29) is 12.1 Å². The number of hydrogen-bond acceptors (Lipinski definition) is 4. The molecule has 0 aliphatic carbocycles. The minimum absolute atomic E-state index is 0.0223. The first-order valence-corrected chi connectivity index (χ1v) is 6.16. The summed E-state index contributed by atoms with van der Waals surface area (Å²) in [6.45, 7) is 8.44. The Hall–Kier alpha value is -1.25. The maximum absolute atomic E-state index is 11.6. The Labute approximate surface area is 110 Å². The monoisotopic (exact) mass is 255 g/mol. The van der Waals surface area contributed by atoms with Crippen LogP contribution < -0.4 is 16.4 Å². The number of terminal acetylenes is 1. The fraction of sp³-hybridized carbons (Fsp3) is 0.769. The van der Waals surface area contributed by atoms with E-state index in [0.29, 0.717) is 19.5 Å². The molecule has 0 aromatic carbocycles. The number of carbonyl (C=O) groups excluding carboxylic acids is 1. The Morgan fingerprint density at radius 3 is 2.56 bits per heavy atom. The first-order valence-electron chi connectivity index (χ1n) is 6.16. The molecule has 1 amide bonds. The first kappa shape index (κ1) is 16.8. The third-order valence-corrected chi connectivity index (χ3v) is 2.28. The molecule has 5 nitrogen and oxygen atoms in total. The lowest BCUT2D eigenvalue weighted by Crippen LogP contribution is -2.52. The van der Waals surface area contributed by atoms with E-state index in [9.17, 15) is 4.79 Å². The van der Waals surface area contributed by atoms with Crippen molar-refractivity contribution in [2.75, 3.05) is 13.1 Å². The van der Waals surface area contributed by atoms with Crippen LogP contribution in [-0.2, 0) is 4.74 Å². The Kier molecular flexibility index (Phi) is 7.41. The van der Waals surface area contributed by atoms with E-state index < -0.39 is 11.7 Å². The maximum Gasteiger partial charge on any atom is 0.407 e. The molecule has 0 aliphatic rings. The molecule has 0 heterocycles. The van der Waals surface area contributed by atoms with E-state index in [1.807, 2.05) is 27.7 Å². The van der Waals surface area contributed by atoms with Gasteiger partial charge in [0.05, 0.1) is 0 Å². The third-order valence-electron chi connectivity index (χ3n) is 2.28. The lowest BCUT2D eigenvalue weighted by atomic mass is 10.1. The molecule has 2 unspecified atom stereocenters. The van der Waals surface area contributed by atoms with Gasteiger partial charge in [-0.15, -0.1) is 12.3 Å². The number of carbonyl (C=O) groups is 1. The van der Waals surface area contributed by atoms with Crippen LogP contribution in [0.25, 0.3) is 0 Å². The second-order valence-electron chi connectivity index (χ2n) is 5.19. The van der Waals surface area contributed by atoms with Crippen LogP contribution >= 0.6 is 0 Å². The van der Waals surface area contributed by atoms with E-state index in [4.69, 9.17) is 16.9 Å². The number of ether oxygens (including phenoxy) is 1. The van der Waals surface area contributed by atoms with Gasteiger partial charge in [0.2, 0.25) is 0 Å². The van der Waals surface area contributed by atoms with Crippen molar-refractivity contribution in [1.29, 1.82) is 0 Å². The topological polar surface area (TPSA) is 76.4 Å². The van der Waals surface area contributed by atoms with Crippen molar-refractivity contribution in [2.24, 2.45) is 5.73 Å². The second kappa shape index (κ2) is 7.96. The average Bonchev–Trinajstić information content (AvgIpc) is 2.21. The summed E-state index contributed by atoms with van der Waals surface area (Å²) < 4.78 is 5.18. The van der Waals surface area contributed by atoms with E-state index >= 15 is 0 Å². The molecule has 0 saturated carbocycles. The van der Waals surface area contributed by atoms with Crippen LogP contribution in [0.4, 0.5) is 4.79 Å². The highest BCUT2D eigenvalue weighted by atomic mass is 16.6. The van der Waals surface area contributed by atoms with Crippen LogP contribution in [-0.4, -0.2) is 36.9 Å². The summed E-state index contributed by atoms with van der Waals surface area (Å²) >= 11 is 0. The van der Waals surface area contributed by atoms with Gasteiger partial charge in [-0.25, -0.2) is 4.79 Å². The van der Waals surface area contributed by atoms with Crippen LogP contribution in [0.3, 0.4) is 0 Å². The van der Waals surface area contributed by atoms with E-state index in [0.717, 1.165) is 0 Å². The van der Waals surface area contributed by atoms with Crippen LogP contribution in [0.5, 0.6) is 0 Å². The summed E-state index contributed by atoms with van der Waals surface area (Å²) in [7, 11) is 0. The van der Waals surface area contributed by atoms with Crippen molar-refractivity contribution in [2.45, 2.75) is 51.8 Å². The van der Waals surface area contributed by atoms with Crippen molar-refractivity contribution in [3.63, 3.8) is 0 Å². The summed E-state index contributed by atoms with van der Waals surface area (Å²) in [5.74, 6) is 2.54. The molecule has 0 bridgehead atoms. The van der Waals surface area contributed by atoms with Crippen molar-refractivity contribution >= 4 is 6.09 Å². The molecule has 2 atom stereocenters. The van der Waals surface area contributed by atoms with Crippen molar-refractivity contribution < 1.29 is 9.53 Å². The van der Waals surface area contributed by atoms with E-state index in [1.54, 1.807) is 0 Å². The van der Waals surface area contributed by atoms with Crippen molar-refractivity contribution in [1.82, 2.24) is 10.6 Å². The molecular formula is C13H25N3O2. The van der Waals surface area contributed by atoms with Gasteiger partial charge < -0.3 is 21.1 Å². The fourth-order valence-corrected chi connectivity index (χ4v) is 1.39. The standard InChI is InChI=1S/C13H25N3O2/c1-6-7-8-15-11(9-14)10(2)16-12(17)18-13(3,4)5/h1,10-11,15H,7-9,14H2,2-5H3,(H,16,17). The highest BCUT2D eigenvalue weighted by Crippen LogP contribution is 2.07. The minimum Gasteiger partial charge on any atom is -0.444 e. The predicted molar refractivity (Wildman–Crippen MR) is 73.1 cm³/mol. The van der Waals surface area contributed by atoms with E-state index in [2.05, 4.69) is 16.6 Å². The van der Waals surface area contributed by atoms with Crippen molar-refractivity contribution in [3.8, 4) is 12.3 Å². The van der Waals surface area contributed by atoms with Crippen LogP contribution in [0.1, 0.15) is 34.1 Å². The SMILES string of the molecule is C#CCCNC(CN)C(C)NC(=O)OC(C)(C)C. The Morgan fingerprint density at radius 1 is 1.50 bits per heavy atom. The van der Waals surface area contributed by atoms with Gasteiger partial charge in [0.25, 0.3) is 0 Å². The molecule has 0 aromatic heterocycles. The molecular weight excluding hydrogens is 230 g/mol. The van der Waals surface area contributed by atoms with Crippen LogP contribution in [0, 0.1) is 12.3 Å². The largest absolute Gasteiger partial charge is 0.444 e. The molecule has 0 spiro atoms. The Balaban J connectivity index is 4.14. The van der Waals surface area contributed by atoms with Crippen LogP contribution in [0.15, 0.2) is 0 Å². The zero-order valence-electron chi connectivity index (χ0n) is 11.7. The summed E-state index contributed by atoms with van der Waals surface area (Å²) in [4.78, 5) is 11.6. The van der Waals surface area contributed by atoms with Gasteiger partial charge in [-0.1, -0.05) is 0 Å². The fourth-order valence-electron chi connectivity index (χ4n) is 1.39. The van der Waals surface area contributed by atoms with Crippen LogP contribution in [0.2, 0.25) is 0 Å². The van der Waals surface area contributed by atoms with Crippen molar-refractivity contribution in [3.05, 3.63) is 0 Å². The molecule has 0 aromatic rings. The van der Waals surface area contributed by atoms with E-state index in [1.165, 1.54) is 0 Å². The average molecular weight is 255 g/mol. The Morgan fingerprint density at radius 2 is 2.11 bits per heavy atom. The van der Waals surface area contributed by atoms with Gasteiger partial charge in [-0.2, -0.15) is 0 Å². The molecule has 5 heteroatoms. The smallest absolute Gasteiger partial charge is 0.407 e. The second-order valence-corrected chi connectivity index (χ2v) is 5.19. The molecule has 0 saturated heterocycles. The predicted octanol–water partition coefficient (Wildman–Crippen LogP) is 0.840. The summed E-state index contributed by atoms with van der Waals surface area (Å²) in [5.41, 5.74) is 5.15. The highest BCUT2D eigenvalue weighted by Gasteiger charge is 2.21. The highest BCUT2D eigenvalue weighted by molar-refractivity contribution is 5.68. The number of nitrogens with one attached hydrogen (secondary N) is 2. The number of alkyl carbamates (subject to hydrolysis) is 1. The zero-order valence-corrected chi connectivity index (χ0v) is 11.7. The quantitative estimate of drug-likeness (QED) is 0.485. The van der Waals surface area contributed by atoms with Gasteiger partial charge in [0, 0.05) is 31.6 Å². The lowest BCUT2D eigenvalue weighted by molar-refractivity contribution is 0.0499. The normalized spacial score (nSPS) is 14.4. The molecule has 0 rings (SSSR count). The summed E-state index contributed by atoms with van der Waals surface area (Å²) in [6, 6.07) is -0.145. The third kappa shape index (κ3) is 7.93. The van der Waals surface area contributed by atoms with Gasteiger partial charge in [0.1, 0.15) is 5.60 Å². The van der Waals surface area contributed by atoms with Gasteiger partial charge in [-0.3, -0.25) is 0 Å².